The second-order valence-electron chi connectivity index (χ2n) is 3.87. The van der Waals surface area contributed by atoms with Crippen LogP contribution in [0.4, 0.5) is 0 Å². The Labute approximate surface area is 117 Å². The lowest BCUT2D eigenvalue weighted by atomic mass is 10.1. The van der Waals surface area contributed by atoms with E-state index < -0.39 is 0 Å². The molecular weight excluding hydrogens is 317 g/mol. The van der Waals surface area contributed by atoms with Crippen LogP contribution >= 0.6 is 24.0 Å². The summed E-state index contributed by atoms with van der Waals surface area (Å²) < 4.78 is 5.24. The molecule has 4 nitrogen and oxygen atoms in total. The van der Waals surface area contributed by atoms with Crippen molar-refractivity contribution in [3.05, 3.63) is 0 Å². The highest BCUT2D eigenvalue weighted by Crippen LogP contribution is 1.98. The number of guanidine groups is 1. The highest BCUT2D eigenvalue weighted by atomic mass is 127. The molecule has 0 aliphatic carbocycles. The van der Waals surface area contributed by atoms with Crippen LogP contribution in [-0.2, 0) is 4.74 Å². The SMILES string of the molecule is CCOCCNC(=NC)NC(C)C(C)C.I. The fourth-order valence-electron chi connectivity index (χ4n) is 0.963. The number of nitrogens with zero attached hydrogens (tertiary/aromatic N) is 1. The average molecular weight is 343 g/mol. The van der Waals surface area contributed by atoms with Gasteiger partial charge in [0.1, 0.15) is 0 Å². The highest BCUT2D eigenvalue weighted by molar-refractivity contribution is 14.0. The Hall–Kier alpha value is -0.0400. The minimum absolute atomic E-state index is 0. The molecular formula is C11H26IN3O. The molecule has 5 heteroatoms. The maximum Gasteiger partial charge on any atom is 0.191 e. The topological polar surface area (TPSA) is 45.6 Å². The number of aliphatic imine (C=N–C) groups is 1. The Morgan fingerprint density at radius 3 is 2.38 bits per heavy atom. The van der Waals surface area contributed by atoms with Crippen LogP contribution in [-0.4, -0.2) is 38.8 Å². The summed E-state index contributed by atoms with van der Waals surface area (Å²) in [5.41, 5.74) is 0. The Morgan fingerprint density at radius 1 is 1.31 bits per heavy atom. The van der Waals surface area contributed by atoms with E-state index in [0.29, 0.717) is 18.6 Å². The van der Waals surface area contributed by atoms with E-state index in [4.69, 9.17) is 4.74 Å². The van der Waals surface area contributed by atoms with E-state index in [1.165, 1.54) is 0 Å². The number of ether oxygens (including phenoxy) is 1. The highest BCUT2D eigenvalue weighted by Gasteiger charge is 2.07. The lowest BCUT2D eigenvalue weighted by Gasteiger charge is -2.20. The van der Waals surface area contributed by atoms with E-state index in [-0.39, 0.29) is 24.0 Å². The number of hydrogen-bond donors (Lipinski definition) is 2. The van der Waals surface area contributed by atoms with Crippen molar-refractivity contribution in [1.82, 2.24) is 10.6 Å². The summed E-state index contributed by atoms with van der Waals surface area (Å²) in [6, 6.07) is 0.420. The Morgan fingerprint density at radius 2 is 1.94 bits per heavy atom. The largest absolute Gasteiger partial charge is 0.380 e. The third-order valence-electron chi connectivity index (χ3n) is 2.33. The first-order valence-electron chi connectivity index (χ1n) is 5.66. The van der Waals surface area contributed by atoms with Crippen molar-refractivity contribution in [2.75, 3.05) is 26.8 Å². The van der Waals surface area contributed by atoms with Crippen LogP contribution in [0.25, 0.3) is 0 Å². The molecule has 0 amide bonds. The van der Waals surface area contributed by atoms with Gasteiger partial charge in [-0.15, -0.1) is 24.0 Å². The van der Waals surface area contributed by atoms with E-state index in [1.807, 2.05) is 6.92 Å². The van der Waals surface area contributed by atoms with Gasteiger partial charge in [-0.05, 0) is 19.8 Å². The minimum atomic E-state index is 0. The number of hydrogen-bond acceptors (Lipinski definition) is 2. The molecule has 0 aliphatic heterocycles. The molecule has 16 heavy (non-hydrogen) atoms. The molecule has 0 radical (unpaired) electrons. The third kappa shape index (κ3) is 9.21. The Kier molecular flexibility index (Phi) is 13.1. The van der Waals surface area contributed by atoms with Gasteiger partial charge in [-0.25, -0.2) is 0 Å². The summed E-state index contributed by atoms with van der Waals surface area (Å²) >= 11 is 0. The number of rotatable bonds is 6. The molecule has 0 fully saturated rings. The zero-order chi connectivity index (χ0) is 11.7. The van der Waals surface area contributed by atoms with Crippen molar-refractivity contribution in [1.29, 1.82) is 0 Å². The molecule has 0 aromatic heterocycles. The number of nitrogens with one attached hydrogen (secondary N) is 2. The Bertz CT molecular complexity index is 186. The van der Waals surface area contributed by atoms with Crippen LogP contribution in [0.15, 0.2) is 4.99 Å². The van der Waals surface area contributed by atoms with Crippen LogP contribution in [0, 0.1) is 5.92 Å². The molecule has 0 aromatic rings. The molecule has 1 unspecified atom stereocenters. The predicted octanol–water partition coefficient (Wildman–Crippen LogP) is 1.85. The first-order valence-corrected chi connectivity index (χ1v) is 5.66. The standard InChI is InChI=1S/C11H25N3O.HI/c1-6-15-8-7-13-11(12-5)14-10(4)9(2)3;/h9-10H,6-8H2,1-5H3,(H2,12,13,14);1H. The summed E-state index contributed by atoms with van der Waals surface area (Å²) in [4.78, 5) is 4.15. The van der Waals surface area contributed by atoms with Crippen LogP contribution in [0.2, 0.25) is 0 Å². The summed E-state index contributed by atoms with van der Waals surface area (Å²) in [6.07, 6.45) is 0. The predicted molar refractivity (Wildman–Crippen MR) is 80.7 cm³/mol. The van der Waals surface area contributed by atoms with Crippen LogP contribution < -0.4 is 10.6 Å². The first kappa shape index (κ1) is 18.3. The van der Waals surface area contributed by atoms with Gasteiger partial charge >= 0.3 is 0 Å². The summed E-state index contributed by atoms with van der Waals surface area (Å²) in [6.45, 7) is 10.8. The van der Waals surface area contributed by atoms with Gasteiger partial charge in [-0.1, -0.05) is 13.8 Å². The van der Waals surface area contributed by atoms with Gasteiger partial charge in [0, 0.05) is 26.2 Å². The summed E-state index contributed by atoms with van der Waals surface area (Å²) in [5, 5.41) is 6.53. The van der Waals surface area contributed by atoms with Gasteiger partial charge in [0.2, 0.25) is 0 Å². The van der Waals surface area contributed by atoms with Crippen LogP contribution in [0.1, 0.15) is 27.7 Å². The van der Waals surface area contributed by atoms with Crippen molar-refractivity contribution in [3.8, 4) is 0 Å². The molecule has 0 bridgehead atoms. The van der Waals surface area contributed by atoms with Gasteiger partial charge in [0.15, 0.2) is 5.96 Å². The van der Waals surface area contributed by atoms with E-state index >= 15 is 0 Å². The van der Waals surface area contributed by atoms with Crippen LogP contribution in [0.5, 0.6) is 0 Å². The second kappa shape index (κ2) is 11.4. The lowest BCUT2D eigenvalue weighted by molar-refractivity contribution is 0.152. The smallest absolute Gasteiger partial charge is 0.191 e. The van der Waals surface area contributed by atoms with Crippen LogP contribution in [0.3, 0.4) is 0 Å². The van der Waals surface area contributed by atoms with E-state index in [9.17, 15) is 0 Å². The molecule has 98 valence electrons. The molecule has 0 saturated carbocycles. The van der Waals surface area contributed by atoms with Crippen molar-refractivity contribution in [2.24, 2.45) is 10.9 Å². The van der Waals surface area contributed by atoms with Gasteiger partial charge in [0.25, 0.3) is 0 Å². The fourth-order valence-corrected chi connectivity index (χ4v) is 0.963. The molecule has 0 rings (SSSR count). The quantitative estimate of drug-likeness (QED) is 0.335. The summed E-state index contributed by atoms with van der Waals surface area (Å²) in [5.74, 6) is 1.44. The molecule has 0 saturated heterocycles. The molecule has 2 N–H and O–H groups in total. The zero-order valence-electron chi connectivity index (χ0n) is 11.0. The van der Waals surface area contributed by atoms with E-state index in [0.717, 1.165) is 19.1 Å². The third-order valence-corrected chi connectivity index (χ3v) is 2.33. The normalized spacial score (nSPS) is 13.2. The molecule has 0 spiro atoms. The van der Waals surface area contributed by atoms with Gasteiger partial charge in [0.05, 0.1) is 6.61 Å². The van der Waals surface area contributed by atoms with E-state index in [1.54, 1.807) is 7.05 Å². The number of halogens is 1. The van der Waals surface area contributed by atoms with Crippen molar-refractivity contribution in [2.45, 2.75) is 33.7 Å². The zero-order valence-corrected chi connectivity index (χ0v) is 13.4. The molecule has 1 atom stereocenters. The van der Waals surface area contributed by atoms with Crippen molar-refractivity contribution >= 4 is 29.9 Å². The van der Waals surface area contributed by atoms with Gasteiger partial charge in [-0.2, -0.15) is 0 Å². The Balaban J connectivity index is 0. The first-order chi connectivity index (χ1) is 7.11. The molecule has 0 aliphatic rings. The van der Waals surface area contributed by atoms with Gasteiger partial charge < -0.3 is 15.4 Å². The summed E-state index contributed by atoms with van der Waals surface area (Å²) in [7, 11) is 1.78. The maximum absolute atomic E-state index is 5.24. The average Bonchev–Trinajstić information content (AvgIpc) is 2.22. The maximum atomic E-state index is 5.24. The minimum Gasteiger partial charge on any atom is -0.380 e. The fraction of sp³-hybridized carbons (Fsp3) is 0.909. The monoisotopic (exact) mass is 343 g/mol. The van der Waals surface area contributed by atoms with E-state index in [2.05, 4.69) is 36.4 Å². The van der Waals surface area contributed by atoms with Gasteiger partial charge in [-0.3, -0.25) is 4.99 Å². The van der Waals surface area contributed by atoms with Crippen molar-refractivity contribution in [3.63, 3.8) is 0 Å². The second-order valence-corrected chi connectivity index (χ2v) is 3.87. The lowest BCUT2D eigenvalue weighted by Crippen LogP contribution is -2.45. The molecule has 0 heterocycles. The molecule has 0 aromatic carbocycles. The van der Waals surface area contributed by atoms with Crippen molar-refractivity contribution < 1.29 is 4.74 Å².